The molecule has 1 amide bonds. The Labute approximate surface area is 602 Å². The highest BCUT2D eigenvalue weighted by Crippen LogP contribution is 2.30. The number of hydrogen-bond donors (Lipinski definition) is 9. The lowest BCUT2D eigenvalue weighted by Crippen LogP contribution is -2.65. The van der Waals surface area contributed by atoms with Gasteiger partial charge in [-0.25, -0.2) is 0 Å². The summed E-state index contributed by atoms with van der Waals surface area (Å²) in [6.45, 7) is 2.71. The molecule has 0 bridgehead atoms. The molecule has 0 aromatic heterocycles. The normalized spacial score (nSPS) is 22.7. The van der Waals surface area contributed by atoms with Crippen molar-refractivity contribution in [2.75, 3.05) is 19.8 Å². The zero-order valence-corrected chi connectivity index (χ0v) is 62.2. The number of ether oxygens (including phenoxy) is 4. The number of unbranched alkanes of at least 4 members (excludes halogenated alkanes) is 32. The first-order chi connectivity index (χ1) is 48.6. The number of rotatable bonds is 65. The van der Waals surface area contributed by atoms with Crippen molar-refractivity contribution in [3.8, 4) is 0 Å². The zero-order chi connectivity index (χ0) is 71.5. The van der Waals surface area contributed by atoms with Crippen molar-refractivity contribution in [2.24, 2.45) is 0 Å². The van der Waals surface area contributed by atoms with Gasteiger partial charge in [0.2, 0.25) is 5.91 Å². The molecule has 0 spiro atoms. The Bertz CT molecular complexity index is 2180. The number of amides is 1. The molecule has 2 aliphatic heterocycles. The van der Waals surface area contributed by atoms with Gasteiger partial charge < -0.3 is 65.1 Å². The summed E-state index contributed by atoms with van der Waals surface area (Å²) in [6.07, 6.45) is 83.7. The summed E-state index contributed by atoms with van der Waals surface area (Å²) >= 11 is 0. The summed E-state index contributed by atoms with van der Waals surface area (Å²) in [7, 11) is 0. The van der Waals surface area contributed by atoms with E-state index in [-0.39, 0.29) is 18.9 Å². The molecule has 0 radical (unpaired) electrons. The molecular weight excluding hydrogens is 1240 g/mol. The maximum absolute atomic E-state index is 13.4. The van der Waals surface area contributed by atoms with E-state index in [4.69, 9.17) is 18.9 Å². The third-order valence-corrected chi connectivity index (χ3v) is 18.6. The van der Waals surface area contributed by atoms with E-state index in [2.05, 4.69) is 141 Å². The van der Waals surface area contributed by atoms with Gasteiger partial charge in [-0.05, 0) is 96.3 Å². The van der Waals surface area contributed by atoms with Crippen LogP contribution in [0.2, 0.25) is 0 Å². The van der Waals surface area contributed by atoms with Crippen LogP contribution in [0.25, 0.3) is 0 Å². The number of carbonyl (C=O) groups excluding carboxylic acids is 1. The van der Waals surface area contributed by atoms with Gasteiger partial charge in [-0.1, -0.05) is 334 Å². The minimum atomic E-state index is -1.80. The smallest absolute Gasteiger partial charge is 0.220 e. The molecule has 12 atom stereocenters. The minimum absolute atomic E-state index is 0.246. The first kappa shape index (κ1) is 91.2. The van der Waals surface area contributed by atoms with Crippen LogP contribution in [0.3, 0.4) is 0 Å². The maximum Gasteiger partial charge on any atom is 0.220 e. The van der Waals surface area contributed by atoms with E-state index >= 15 is 0 Å². The molecule has 0 aromatic rings. The first-order valence-electron chi connectivity index (χ1n) is 39.9. The molecule has 2 heterocycles. The number of hydrogen-bond acceptors (Lipinski definition) is 13. The van der Waals surface area contributed by atoms with Crippen LogP contribution in [-0.2, 0) is 23.7 Å². The molecule has 2 fully saturated rings. The van der Waals surface area contributed by atoms with Gasteiger partial charge in [0.05, 0.1) is 32.0 Å². The fourth-order valence-electron chi connectivity index (χ4n) is 12.3. The number of allylic oxidation sites excluding steroid dienone is 21. The van der Waals surface area contributed by atoms with E-state index in [9.17, 15) is 45.6 Å². The van der Waals surface area contributed by atoms with Crippen molar-refractivity contribution in [1.82, 2.24) is 5.32 Å². The number of aliphatic hydroxyl groups excluding tert-OH is 8. The lowest BCUT2D eigenvalue weighted by Gasteiger charge is -2.46. The summed E-state index contributed by atoms with van der Waals surface area (Å²) in [4.78, 5) is 13.4. The maximum atomic E-state index is 13.4. The van der Waals surface area contributed by atoms with Crippen LogP contribution in [0.15, 0.2) is 134 Å². The molecule has 568 valence electrons. The van der Waals surface area contributed by atoms with Crippen molar-refractivity contribution in [2.45, 2.75) is 376 Å². The Morgan fingerprint density at radius 3 is 1.07 bits per heavy atom. The van der Waals surface area contributed by atoms with Crippen molar-refractivity contribution in [1.29, 1.82) is 0 Å². The predicted molar refractivity (Wildman–Crippen MR) is 410 cm³/mol. The first-order valence-corrected chi connectivity index (χ1v) is 39.9. The van der Waals surface area contributed by atoms with E-state index in [1.54, 1.807) is 6.08 Å². The molecule has 2 rings (SSSR count). The number of aliphatic hydroxyl groups is 8. The van der Waals surface area contributed by atoms with Crippen molar-refractivity contribution in [3.63, 3.8) is 0 Å². The Morgan fingerprint density at radius 1 is 0.374 bits per heavy atom. The van der Waals surface area contributed by atoms with Crippen LogP contribution in [0.4, 0.5) is 0 Å². The second kappa shape index (κ2) is 67.3. The van der Waals surface area contributed by atoms with Gasteiger partial charge in [0.25, 0.3) is 0 Å². The van der Waals surface area contributed by atoms with Crippen LogP contribution >= 0.6 is 0 Å². The zero-order valence-electron chi connectivity index (χ0n) is 62.2. The highest BCUT2D eigenvalue weighted by Gasteiger charge is 2.51. The van der Waals surface area contributed by atoms with E-state index < -0.39 is 86.8 Å². The molecule has 0 saturated carbocycles. The summed E-state index contributed by atoms with van der Waals surface area (Å²) in [5.74, 6) is -0.246. The summed E-state index contributed by atoms with van der Waals surface area (Å²) in [5, 5.41) is 87.7. The third-order valence-electron chi connectivity index (χ3n) is 18.6. The lowest BCUT2D eigenvalue weighted by molar-refractivity contribution is -0.359. The Kier molecular flexibility index (Phi) is 62.0. The van der Waals surface area contributed by atoms with Crippen LogP contribution < -0.4 is 5.32 Å². The van der Waals surface area contributed by atoms with Crippen molar-refractivity contribution in [3.05, 3.63) is 134 Å². The van der Waals surface area contributed by atoms with E-state index in [0.29, 0.717) is 6.42 Å². The second-order valence-electron chi connectivity index (χ2n) is 27.5. The van der Waals surface area contributed by atoms with Crippen LogP contribution in [0.1, 0.15) is 303 Å². The molecule has 9 N–H and O–H groups in total. The molecule has 0 aromatic carbocycles. The number of nitrogens with one attached hydrogen (secondary N) is 1. The summed E-state index contributed by atoms with van der Waals surface area (Å²) < 4.78 is 22.9. The standard InChI is InChI=1S/C85H145NO13/c1-3-5-7-9-11-13-15-17-19-21-23-25-27-29-30-31-32-33-34-35-36-37-38-39-40-41-42-43-44-45-47-49-51-53-55-57-59-61-63-65-67-69-77(90)86-73(72-96-84-82(95)80(93)83(76(71-88)98-84)99-85-81(94)79(92)78(91)75(70-87)97-85)74(89)68-66-64-62-60-58-56-54-52-50-48-46-28-26-24-22-20-18-16-14-12-10-8-6-4-2/h5,7,11,13,17,19,23,25,29-30,32-33,35-36,38-39,41-42,44-45,66,68,73-76,78-85,87-89,91-95H,3-4,6,8-10,12,14-16,18,20-22,24,26-28,31,34,37,40,43,46-65,67,69-72H2,1-2H3,(H,86,90)/b7-5-,13-11-,19-17-,25-23-,30-29-,33-32-,36-35-,39-38-,42-41-,45-44-,68-66+. The van der Waals surface area contributed by atoms with Crippen LogP contribution in [0.5, 0.6) is 0 Å². The fraction of sp³-hybridized carbons (Fsp3) is 0.729. The fourth-order valence-corrected chi connectivity index (χ4v) is 12.3. The van der Waals surface area contributed by atoms with Gasteiger partial charge in [-0.3, -0.25) is 4.79 Å². The topological polar surface area (TPSA) is 228 Å². The third kappa shape index (κ3) is 50.2. The monoisotopic (exact) mass is 1390 g/mol. The van der Waals surface area contributed by atoms with Crippen LogP contribution in [-0.4, -0.2) is 140 Å². The number of carbonyl (C=O) groups is 1. The molecule has 12 unspecified atom stereocenters. The van der Waals surface area contributed by atoms with Gasteiger partial charge in [0, 0.05) is 6.42 Å². The van der Waals surface area contributed by atoms with Gasteiger partial charge in [0.15, 0.2) is 12.6 Å². The molecule has 2 aliphatic rings. The van der Waals surface area contributed by atoms with Gasteiger partial charge in [-0.2, -0.15) is 0 Å². The molecule has 14 heteroatoms. The minimum Gasteiger partial charge on any atom is -0.394 e. The Balaban J connectivity index is 1.62. The molecule has 0 aliphatic carbocycles. The SMILES string of the molecule is CC/C=C\C/C=C\C/C=C\C/C=C\C/C=C\C/C=C\C/C=C\C/C=C\C/C=C\C/C=C\CCCCCCCCCCCCC(=O)NC(COC1OC(CO)C(OC2OC(CO)C(O)C(O)C2O)C(O)C1O)C(O)/C=C/CCCCCCCCCCCCCCCCCCCCCCCC. The highest BCUT2D eigenvalue weighted by atomic mass is 16.7. The second-order valence-corrected chi connectivity index (χ2v) is 27.5. The quantitative estimate of drug-likeness (QED) is 0.0204. The highest BCUT2D eigenvalue weighted by molar-refractivity contribution is 5.76. The van der Waals surface area contributed by atoms with E-state index in [0.717, 1.165) is 109 Å². The molecule has 2 saturated heterocycles. The summed E-state index contributed by atoms with van der Waals surface area (Å²) in [5.41, 5.74) is 0. The van der Waals surface area contributed by atoms with Crippen molar-refractivity contribution < 1.29 is 64.6 Å². The lowest BCUT2D eigenvalue weighted by atomic mass is 9.97. The van der Waals surface area contributed by atoms with E-state index in [1.165, 1.54) is 167 Å². The molecule has 99 heavy (non-hydrogen) atoms. The molecular formula is C85H145NO13. The van der Waals surface area contributed by atoms with Crippen LogP contribution in [0, 0.1) is 0 Å². The van der Waals surface area contributed by atoms with Crippen molar-refractivity contribution >= 4 is 5.91 Å². The molecule has 14 nitrogen and oxygen atoms in total. The van der Waals surface area contributed by atoms with Gasteiger partial charge >= 0.3 is 0 Å². The predicted octanol–water partition coefficient (Wildman–Crippen LogP) is 18.2. The van der Waals surface area contributed by atoms with E-state index in [1.807, 2.05) is 6.08 Å². The average Bonchev–Trinajstić information content (AvgIpc) is 0.799. The van der Waals surface area contributed by atoms with Gasteiger partial charge in [-0.15, -0.1) is 0 Å². The average molecular weight is 1390 g/mol. The summed E-state index contributed by atoms with van der Waals surface area (Å²) in [6, 6.07) is -0.927. The Hall–Kier alpha value is -3.87. The largest absolute Gasteiger partial charge is 0.394 e. The Morgan fingerprint density at radius 2 is 0.697 bits per heavy atom. The van der Waals surface area contributed by atoms with Gasteiger partial charge in [0.1, 0.15) is 48.8 Å².